The molecule has 2 aromatic carbocycles. The molecule has 224 valence electrons. The number of nitrogens with zero attached hydrogens (tertiary/aromatic N) is 3. The first-order chi connectivity index (χ1) is 20.3. The SMILES string of the molecule is O=C(CN1C(=O)C=CC1=O)NCC1CC(O)Nc2cc(OCCCCN3CCN(c4cccc(Cl)c4Cl)CC3)ccc21. The van der Waals surface area contributed by atoms with Crippen LogP contribution in [0.2, 0.25) is 10.0 Å². The summed E-state index contributed by atoms with van der Waals surface area (Å²) in [5.74, 6) is -0.841. The molecule has 0 saturated carbocycles. The Morgan fingerprint density at radius 1 is 1.05 bits per heavy atom. The Kier molecular flexibility index (Phi) is 9.89. The number of hydrogen-bond donors (Lipinski definition) is 3. The van der Waals surface area contributed by atoms with Crippen LogP contribution in [0.3, 0.4) is 0 Å². The van der Waals surface area contributed by atoms with E-state index in [4.69, 9.17) is 27.9 Å². The summed E-state index contributed by atoms with van der Waals surface area (Å²) in [6.45, 7) is 5.28. The number of fused-ring (bicyclic) bond motifs is 1. The number of aliphatic hydroxyl groups excluding tert-OH is 1. The van der Waals surface area contributed by atoms with Crippen LogP contribution in [0.4, 0.5) is 11.4 Å². The average Bonchev–Trinajstić information content (AvgIpc) is 3.29. The predicted octanol–water partition coefficient (Wildman–Crippen LogP) is 3.23. The minimum Gasteiger partial charge on any atom is -0.494 e. The van der Waals surface area contributed by atoms with Crippen LogP contribution >= 0.6 is 23.2 Å². The van der Waals surface area contributed by atoms with E-state index < -0.39 is 23.9 Å². The minimum absolute atomic E-state index is 0.132. The molecule has 0 bridgehead atoms. The van der Waals surface area contributed by atoms with Crippen molar-refractivity contribution in [1.82, 2.24) is 15.1 Å². The van der Waals surface area contributed by atoms with Gasteiger partial charge in [-0.05, 0) is 43.1 Å². The number of halogens is 2. The van der Waals surface area contributed by atoms with E-state index in [1.807, 2.05) is 30.3 Å². The van der Waals surface area contributed by atoms with Gasteiger partial charge in [0.15, 0.2) is 0 Å². The zero-order valence-electron chi connectivity index (χ0n) is 23.2. The van der Waals surface area contributed by atoms with Crippen molar-refractivity contribution in [1.29, 1.82) is 0 Å². The van der Waals surface area contributed by atoms with Gasteiger partial charge in [-0.1, -0.05) is 35.3 Å². The van der Waals surface area contributed by atoms with Crippen LogP contribution in [-0.4, -0.2) is 91.3 Å². The van der Waals surface area contributed by atoms with E-state index in [0.29, 0.717) is 28.8 Å². The van der Waals surface area contributed by atoms with E-state index >= 15 is 0 Å². The summed E-state index contributed by atoms with van der Waals surface area (Å²) in [6, 6.07) is 11.5. The van der Waals surface area contributed by atoms with Gasteiger partial charge in [-0.3, -0.25) is 24.2 Å². The molecule has 1 saturated heterocycles. The molecule has 5 rings (SSSR count). The number of nitrogens with one attached hydrogen (secondary N) is 2. The van der Waals surface area contributed by atoms with Crippen molar-refractivity contribution < 1.29 is 24.2 Å². The number of anilines is 2. The molecule has 0 aliphatic carbocycles. The van der Waals surface area contributed by atoms with E-state index in [0.717, 1.165) is 79.6 Å². The summed E-state index contributed by atoms with van der Waals surface area (Å²) < 4.78 is 6.00. The second kappa shape index (κ2) is 13.8. The van der Waals surface area contributed by atoms with Gasteiger partial charge < -0.3 is 25.4 Å². The van der Waals surface area contributed by atoms with Crippen LogP contribution < -0.4 is 20.3 Å². The van der Waals surface area contributed by atoms with Crippen LogP contribution in [0, 0.1) is 0 Å². The summed E-state index contributed by atoms with van der Waals surface area (Å²) in [6.07, 6.45) is 3.88. The molecule has 0 aromatic heterocycles. The summed E-state index contributed by atoms with van der Waals surface area (Å²) in [4.78, 5) is 41.4. The Labute approximate surface area is 255 Å². The van der Waals surface area contributed by atoms with Gasteiger partial charge in [0.1, 0.15) is 18.5 Å². The maximum absolute atomic E-state index is 12.4. The Bertz CT molecular complexity index is 1330. The van der Waals surface area contributed by atoms with Crippen molar-refractivity contribution in [3.63, 3.8) is 0 Å². The van der Waals surface area contributed by atoms with Crippen molar-refractivity contribution in [3.05, 3.63) is 64.2 Å². The lowest BCUT2D eigenvalue weighted by Gasteiger charge is -2.36. The number of aliphatic hydroxyl groups is 1. The number of amides is 3. The lowest BCUT2D eigenvalue weighted by atomic mass is 9.90. The van der Waals surface area contributed by atoms with Crippen LogP contribution in [-0.2, 0) is 14.4 Å². The smallest absolute Gasteiger partial charge is 0.254 e. The molecular formula is C30H35Cl2N5O5. The molecule has 2 unspecified atom stereocenters. The molecule has 0 radical (unpaired) electrons. The van der Waals surface area contributed by atoms with Gasteiger partial charge in [0, 0.05) is 69.0 Å². The maximum Gasteiger partial charge on any atom is 0.254 e. The van der Waals surface area contributed by atoms with Crippen molar-refractivity contribution in [2.24, 2.45) is 0 Å². The van der Waals surface area contributed by atoms with Crippen molar-refractivity contribution in [2.45, 2.75) is 31.4 Å². The molecule has 1 fully saturated rings. The molecule has 2 aromatic rings. The topological polar surface area (TPSA) is 114 Å². The van der Waals surface area contributed by atoms with Crippen LogP contribution in [0.5, 0.6) is 5.75 Å². The Morgan fingerprint density at radius 2 is 1.81 bits per heavy atom. The third-order valence-corrected chi connectivity index (χ3v) is 8.63. The number of carbonyl (C=O) groups is 3. The highest BCUT2D eigenvalue weighted by Crippen LogP contribution is 2.36. The van der Waals surface area contributed by atoms with E-state index in [9.17, 15) is 19.5 Å². The van der Waals surface area contributed by atoms with Gasteiger partial charge in [0.2, 0.25) is 5.91 Å². The second-order valence-corrected chi connectivity index (χ2v) is 11.5. The fourth-order valence-electron chi connectivity index (χ4n) is 5.53. The Hall–Kier alpha value is -3.31. The number of imide groups is 1. The number of piperazine rings is 1. The molecular weight excluding hydrogens is 581 g/mol. The summed E-state index contributed by atoms with van der Waals surface area (Å²) in [7, 11) is 0. The van der Waals surface area contributed by atoms with Gasteiger partial charge in [-0.15, -0.1) is 0 Å². The monoisotopic (exact) mass is 615 g/mol. The Balaban J connectivity index is 1.03. The van der Waals surface area contributed by atoms with Crippen LogP contribution in [0.15, 0.2) is 48.6 Å². The lowest BCUT2D eigenvalue weighted by molar-refractivity contribution is -0.141. The molecule has 3 aliphatic heterocycles. The van der Waals surface area contributed by atoms with E-state index in [1.165, 1.54) is 0 Å². The number of ether oxygens (including phenoxy) is 1. The summed E-state index contributed by atoms with van der Waals surface area (Å²) in [5, 5.41) is 17.4. The highest BCUT2D eigenvalue weighted by molar-refractivity contribution is 6.43. The van der Waals surface area contributed by atoms with Crippen LogP contribution in [0.25, 0.3) is 0 Å². The molecule has 12 heteroatoms. The molecule has 42 heavy (non-hydrogen) atoms. The van der Waals surface area contributed by atoms with Crippen molar-refractivity contribution >= 4 is 52.3 Å². The van der Waals surface area contributed by atoms with Gasteiger partial charge >= 0.3 is 0 Å². The number of benzene rings is 2. The van der Waals surface area contributed by atoms with E-state index in [2.05, 4.69) is 20.4 Å². The third-order valence-electron chi connectivity index (χ3n) is 7.82. The Morgan fingerprint density at radius 3 is 2.57 bits per heavy atom. The van der Waals surface area contributed by atoms with E-state index in [-0.39, 0.29) is 19.0 Å². The number of carbonyl (C=O) groups excluding carboxylic acids is 3. The van der Waals surface area contributed by atoms with Crippen molar-refractivity contribution in [3.8, 4) is 5.75 Å². The van der Waals surface area contributed by atoms with E-state index in [1.54, 1.807) is 6.07 Å². The number of unbranched alkanes of at least 4 members (excludes halogenated alkanes) is 1. The molecule has 3 aliphatic rings. The van der Waals surface area contributed by atoms with Crippen molar-refractivity contribution in [2.75, 3.05) is 62.6 Å². The number of hydrogen-bond acceptors (Lipinski definition) is 8. The van der Waals surface area contributed by atoms with Gasteiger partial charge in [-0.25, -0.2) is 0 Å². The quantitative estimate of drug-likeness (QED) is 0.261. The maximum atomic E-state index is 12.4. The fourth-order valence-corrected chi connectivity index (χ4v) is 5.95. The average molecular weight is 617 g/mol. The standard InChI is InChI=1S/C30H35Cl2N5O5/c31-23-4-3-5-25(30(23)32)36-13-11-35(12-14-36)10-1-2-15-42-21-6-7-22-20(16-26(38)34-24(22)17-21)18-33-27(39)19-37-28(40)8-9-29(37)41/h3-9,17,20,26,34,38H,1-2,10-16,18-19H2,(H,33,39). The molecule has 10 nitrogen and oxygen atoms in total. The summed E-state index contributed by atoms with van der Waals surface area (Å²) >= 11 is 12.6. The fraction of sp³-hybridized carbons (Fsp3) is 0.433. The number of rotatable bonds is 11. The molecule has 2 atom stereocenters. The first-order valence-electron chi connectivity index (χ1n) is 14.2. The second-order valence-electron chi connectivity index (χ2n) is 10.7. The van der Waals surface area contributed by atoms with Gasteiger partial charge in [0.05, 0.1) is 22.3 Å². The zero-order chi connectivity index (χ0) is 29.6. The highest BCUT2D eigenvalue weighted by Gasteiger charge is 2.28. The first kappa shape index (κ1) is 30.2. The molecule has 3 amide bonds. The lowest BCUT2D eigenvalue weighted by Crippen LogP contribution is -2.46. The molecule has 3 heterocycles. The van der Waals surface area contributed by atoms with Gasteiger partial charge in [0.25, 0.3) is 11.8 Å². The summed E-state index contributed by atoms with van der Waals surface area (Å²) in [5.41, 5.74) is 2.71. The molecule has 0 spiro atoms. The van der Waals surface area contributed by atoms with Gasteiger partial charge in [-0.2, -0.15) is 0 Å². The van der Waals surface area contributed by atoms with Crippen LogP contribution in [0.1, 0.15) is 30.7 Å². The normalized spacial score (nSPS) is 20.5. The highest BCUT2D eigenvalue weighted by atomic mass is 35.5. The molecule has 3 N–H and O–H groups in total. The first-order valence-corrected chi connectivity index (χ1v) is 15.0. The zero-order valence-corrected chi connectivity index (χ0v) is 24.7. The third kappa shape index (κ3) is 7.36. The minimum atomic E-state index is -0.768. The predicted molar refractivity (Wildman–Crippen MR) is 162 cm³/mol. The largest absolute Gasteiger partial charge is 0.494 e.